The minimum Gasteiger partial charge on any atom is -0.384 e. The molecule has 1 amide bonds. The molecule has 1 aromatic carbocycles. The molecule has 3 N–H and O–H groups in total. The van der Waals surface area contributed by atoms with Gasteiger partial charge in [0.2, 0.25) is 0 Å². The lowest BCUT2D eigenvalue weighted by molar-refractivity contribution is -0.384. The fraction of sp³-hybridized carbons (Fsp3) is 0.188. The lowest BCUT2D eigenvalue weighted by atomic mass is 9.99. The standard InChI is InChI=1S/C16H15N3O4S/c1-16(21,10-4-5-24-8-10)9-18-15(20)13-7-17-14-3-2-11(19(22)23)6-12(13)14/h2-8,17,21H,9H2,1H3,(H,18,20). The number of nitrogens with one attached hydrogen (secondary N) is 2. The van der Waals surface area contributed by atoms with Crippen molar-refractivity contribution in [2.24, 2.45) is 0 Å². The fourth-order valence-electron chi connectivity index (χ4n) is 2.43. The van der Waals surface area contributed by atoms with Crippen molar-refractivity contribution in [1.29, 1.82) is 0 Å². The van der Waals surface area contributed by atoms with Gasteiger partial charge in [0.05, 0.1) is 17.0 Å². The van der Waals surface area contributed by atoms with Crippen molar-refractivity contribution in [3.63, 3.8) is 0 Å². The van der Waals surface area contributed by atoms with Crippen LogP contribution in [0.4, 0.5) is 5.69 Å². The van der Waals surface area contributed by atoms with Crippen LogP contribution in [0, 0.1) is 10.1 Å². The highest BCUT2D eigenvalue weighted by Crippen LogP contribution is 2.25. The number of hydrogen-bond donors (Lipinski definition) is 3. The maximum atomic E-state index is 12.4. The summed E-state index contributed by atoms with van der Waals surface area (Å²) in [7, 11) is 0. The average Bonchev–Trinajstić information content (AvgIpc) is 3.21. The third-order valence-corrected chi connectivity index (χ3v) is 4.54. The van der Waals surface area contributed by atoms with Crippen LogP contribution in [0.1, 0.15) is 22.8 Å². The molecule has 0 aliphatic rings. The van der Waals surface area contributed by atoms with Crippen LogP contribution in [-0.4, -0.2) is 27.5 Å². The number of nitrogens with zero attached hydrogens (tertiary/aromatic N) is 1. The Labute approximate surface area is 141 Å². The van der Waals surface area contributed by atoms with Crippen molar-refractivity contribution >= 4 is 33.8 Å². The molecule has 1 unspecified atom stereocenters. The Hall–Kier alpha value is -2.71. The van der Waals surface area contributed by atoms with E-state index >= 15 is 0 Å². The monoisotopic (exact) mass is 345 g/mol. The number of benzene rings is 1. The van der Waals surface area contributed by atoms with Crippen LogP contribution in [0.3, 0.4) is 0 Å². The van der Waals surface area contributed by atoms with Gasteiger partial charge in [0.15, 0.2) is 0 Å². The van der Waals surface area contributed by atoms with E-state index in [2.05, 4.69) is 10.3 Å². The van der Waals surface area contributed by atoms with E-state index in [0.717, 1.165) is 5.56 Å². The summed E-state index contributed by atoms with van der Waals surface area (Å²) < 4.78 is 0. The summed E-state index contributed by atoms with van der Waals surface area (Å²) in [5, 5.41) is 28.2. The summed E-state index contributed by atoms with van der Waals surface area (Å²) in [5.41, 5.74) is 0.391. The van der Waals surface area contributed by atoms with Gasteiger partial charge in [-0.15, -0.1) is 0 Å². The molecule has 3 rings (SSSR count). The van der Waals surface area contributed by atoms with E-state index in [0.29, 0.717) is 16.5 Å². The number of aromatic amines is 1. The Kier molecular flexibility index (Phi) is 4.08. The summed E-state index contributed by atoms with van der Waals surface area (Å²) in [6.07, 6.45) is 1.50. The van der Waals surface area contributed by atoms with Crippen LogP contribution in [0.25, 0.3) is 10.9 Å². The predicted octanol–water partition coefficient (Wildman–Crippen LogP) is 2.78. The number of nitro benzene ring substituents is 1. The van der Waals surface area contributed by atoms with Gasteiger partial charge in [0.1, 0.15) is 5.60 Å². The third kappa shape index (κ3) is 3.01. The number of amides is 1. The van der Waals surface area contributed by atoms with E-state index in [-0.39, 0.29) is 12.2 Å². The second kappa shape index (κ2) is 6.06. The number of hydrogen-bond acceptors (Lipinski definition) is 5. The lowest BCUT2D eigenvalue weighted by Gasteiger charge is -2.22. The quantitative estimate of drug-likeness (QED) is 0.488. The first-order valence-electron chi connectivity index (χ1n) is 7.17. The van der Waals surface area contributed by atoms with Gasteiger partial charge in [-0.25, -0.2) is 0 Å². The van der Waals surface area contributed by atoms with Gasteiger partial charge in [-0.3, -0.25) is 14.9 Å². The second-order valence-corrected chi connectivity index (χ2v) is 6.44. The van der Waals surface area contributed by atoms with Gasteiger partial charge in [-0.2, -0.15) is 11.3 Å². The molecular weight excluding hydrogens is 330 g/mol. The van der Waals surface area contributed by atoms with Crippen molar-refractivity contribution in [3.8, 4) is 0 Å². The normalized spacial score (nSPS) is 13.6. The first-order valence-corrected chi connectivity index (χ1v) is 8.11. The molecular formula is C16H15N3O4S. The minimum atomic E-state index is -1.19. The molecule has 0 radical (unpaired) electrons. The van der Waals surface area contributed by atoms with E-state index in [1.54, 1.807) is 19.1 Å². The zero-order valence-corrected chi connectivity index (χ0v) is 13.6. The van der Waals surface area contributed by atoms with Crippen molar-refractivity contribution < 1.29 is 14.8 Å². The molecule has 8 heteroatoms. The van der Waals surface area contributed by atoms with Gasteiger partial charge < -0.3 is 15.4 Å². The predicted molar refractivity (Wildman–Crippen MR) is 91.2 cm³/mol. The Morgan fingerprint density at radius 1 is 1.46 bits per heavy atom. The van der Waals surface area contributed by atoms with Gasteiger partial charge in [0, 0.05) is 29.2 Å². The fourth-order valence-corrected chi connectivity index (χ4v) is 3.21. The van der Waals surface area contributed by atoms with Gasteiger partial charge >= 0.3 is 0 Å². The molecule has 0 spiro atoms. The van der Waals surface area contributed by atoms with Crippen LogP contribution >= 0.6 is 11.3 Å². The second-order valence-electron chi connectivity index (χ2n) is 5.66. The van der Waals surface area contributed by atoms with Crippen LogP contribution in [0.2, 0.25) is 0 Å². The van der Waals surface area contributed by atoms with Crippen LogP contribution in [0.5, 0.6) is 0 Å². The molecule has 0 aliphatic carbocycles. The van der Waals surface area contributed by atoms with Gasteiger partial charge in [0.25, 0.3) is 11.6 Å². The average molecular weight is 345 g/mol. The number of thiophene rings is 1. The molecule has 0 bridgehead atoms. The Morgan fingerprint density at radius 2 is 2.25 bits per heavy atom. The smallest absolute Gasteiger partial charge is 0.270 e. The summed E-state index contributed by atoms with van der Waals surface area (Å²) in [4.78, 5) is 25.7. The summed E-state index contributed by atoms with van der Waals surface area (Å²) in [6, 6.07) is 6.09. The molecule has 1 atom stereocenters. The summed E-state index contributed by atoms with van der Waals surface area (Å²) >= 11 is 1.46. The molecule has 0 saturated heterocycles. The van der Waals surface area contributed by atoms with Crippen LogP contribution in [-0.2, 0) is 5.60 Å². The number of aromatic nitrogens is 1. The molecule has 0 saturated carbocycles. The number of carbonyl (C=O) groups is 1. The zero-order valence-electron chi connectivity index (χ0n) is 12.8. The highest BCUT2D eigenvalue weighted by atomic mass is 32.1. The Morgan fingerprint density at radius 3 is 2.92 bits per heavy atom. The first kappa shape index (κ1) is 16.2. The van der Waals surface area contributed by atoms with E-state index < -0.39 is 16.4 Å². The van der Waals surface area contributed by atoms with E-state index in [1.165, 1.54) is 29.7 Å². The third-order valence-electron chi connectivity index (χ3n) is 3.86. The van der Waals surface area contributed by atoms with Crippen LogP contribution in [0.15, 0.2) is 41.2 Å². The molecule has 7 nitrogen and oxygen atoms in total. The number of fused-ring (bicyclic) bond motifs is 1. The summed E-state index contributed by atoms with van der Waals surface area (Å²) in [5.74, 6) is -0.405. The van der Waals surface area contributed by atoms with Crippen molar-refractivity contribution in [2.45, 2.75) is 12.5 Å². The summed E-state index contributed by atoms with van der Waals surface area (Å²) in [6.45, 7) is 1.65. The van der Waals surface area contributed by atoms with Gasteiger partial charge in [-0.1, -0.05) is 0 Å². The van der Waals surface area contributed by atoms with Crippen LogP contribution < -0.4 is 5.32 Å². The number of rotatable bonds is 5. The highest BCUT2D eigenvalue weighted by molar-refractivity contribution is 7.08. The Balaban J connectivity index is 1.81. The first-order chi connectivity index (χ1) is 11.4. The molecule has 2 aromatic heterocycles. The number of H-pyrrole nitrogens is 1. The lowest BCUT2D eigenvalue weighted by Crippen LogP contribution is -2.38. The molecule has 124 valence electrons. The number of nitro groups is 1. The maximum absolute atomic E-state index is 12.4. The van der Waals surface area contributed by atoms with Gasteiger partial charge in [-0.05, 0) is 35.4 Å². The van der Waals surface area contributed by atoms with E-state index in [4.69, 9.17) is 0 Å². The topological polar surface area (TPSA) is 108 Å². The zero-order chi connectivity index (χ0) is 17.3. The van der Waals surface area contributed by atoms with Crippen molar-refractivity contribution in [2.75, 3.05) is 6.54 Å². The number of carbonyl (C=O) groups excluding carboxylic acids is 1. The highest BCUT2D eigenvalue weighted by Gasteiger charge is 2.25. The SMILES string of the molecule is CC(O)(CNC(=O)c1c[nH]c2ccc([N+](=O)[O-])cc12)c1ccsc1. The molecule has 3 aromatic rings. The van der Waals surface area contributed by atoms with Crippen molar-refractivity contribution in [1.82, 2.24) is 10.3 Å². The molecule has 0 aliphatic heterocycles. The molecule has 24 heavy (non-hydrogen) atoms. The minimum absolute atomic E-state index is 0.0319. The van der Waals surface area contributed by atoms with Crippen molar-refractivity contribution in [3.05, 3.63) is 62.5 Å². The Bertz CT molecular complexity index is 899. The molecule has 0 fully saturated rings. The number of aliphatic hydroxyl groups is 1. The largest absolute Gasteiger partial charge is 0.384 e. The molecule has 2 heterocycles. The van der Waals surface area contributed by atoms with E-state index in [9.17, 15) is 20.0 Å². The van der Waals surface area contributed by atoms with E-state index in [1.807, 2.05) is 10.8 Å². The number of non-ortho nitro benzene ring substituents is 1. The maximum Gasteiger partial charge on any atom is 0.270 e.